The summed E-state index contributed by atoms with van der Waals surface area (Å²) in [5.74, 6) is 1.57. The van der Waals surface area contributed by atoms with Gasteiger partial charge >= 0.3 is 0 Å². The number of hydrogen-bond acceptors (Lipinski definition) is 3. The van der Waals surface area contributed by atoms with Gasteiger partial charge in [0.1, 0.15) is 12.3 Å². The molecule has 1 unspecified atom stereocenters. The first kappa shape index (κ1) is 24.4. The van der Waals surface area contributed by atoms with E-state index in [1.807, 2.05) is 78.2 Å². The van der Waals surface area contributed by atoms with E-state index in [-0.39, 0.29) is 24.6 Å². The number of hydrogen-bond donors (Lipinski definition) is 0. The Kier molecular flexibility index (Phi) is 7.57. The summed E-state index contributed by atoms with van der Waals surface area (Å²) in [5.41, 5.74) is 2.96. The molecular formula is C30H32ClN3O2. The molecule has 6 heteroatoms. The van der Waals surface area contributed by atoms with Gasteiger partial charge in [-0.2, -0.15) is 0 Å². The molecular weight excluding hydrogens is 470 g/mol. The lowest BCUT2D eigenvalue weighted by Crippen LogP contribution is -2.42. The monoisotopic (exact) mass is 501 g/mol. The number of nitrogens with zero attached hydrogens (tertiary/aromatic N) is 3. The third-order valence-corrected chi connectivity index (χ3v) is 7.25. The first-order valence-corrected chi connectivity index (χ1v) is 13.2. The zero-order valence-corrected chi connectivity index (χ0v) is 21.4. The average molecular weight is 502 g/mol. The zero-order valence-electron chi connectivity index (χ0n) is 20.6. The number of amides is 1. The Morgan fingerprint density at radius 3 is 2.44 bits per heavy atom. The summed E-state index contributed by atoms with van der Waals surface area (Å²) in [6.45, 7) is 2.83. The van der Waals surface area contributed by atoms with Crippen molar-refractivity contribution in [3.8, 4) is 5.75 Å². The van der Waals surface area contributed by atoms with Gasteiger partial charge in [-0.05, 0) is 61.7 Å². The molecule has 1 heterocycles. The Labute approximate surface area is 217 Å². The van der Waals surface area contributed by atoms with Crippen molar-refractivity contribution in [2.24, 2.45) is 0 Å². The summed E-state index contributed by atoms with van der Waals surface area (Å²) in [6.07, 6.45) is 5.38. The van der Waals surface area contributed by atoms with E-state index < -0.39 is 0 Å². The van der Waals surface area contributed by atoms with E-state index in [0.717, 1.165) is 35.3 Å². The van der Waals surface area contributed by atoms with Crippen molar-refractivity contribution >= 4 is 28.5 Å². The van der Waals surface area contributed by atoms with Gasteiger partial charge in [-0.3, -0.25) is 4.79 Å². The summed E-state index contributed by atoms with van der Waals surface area (Å²) in [6, 6.07) is 25.8. The van der Waals surface area contributed by atoms with Crippen LogP contribution in [-0.2, 0) is 17.9 Å². The molecule has 186 valence electrons. The van der Waals surface area contributed by atoms with Crippen LogP contribution in [0.2, 0.25) is 5.02 Å². The fraction of sp³-hybridized carbons (Fsp3) is 0.333. The van der Waals surface area contributed by atoms with Crippen LogP contribution < -0.4 is 4.74 Å². The highest BCUT2D eigenvalue weighted by atomic mass is 35.5. The highest BCUT2D eigenvalue weighted by Crippen LogP contribution is 2.28. The van der Waals surface area contributed by atoms with Crippen molar-refractivity contribution < 1.29 is 9.53 Å². The van der Waals surface area contributed by atoms with E-state index in [0.29, 0.717) is 17.3 Å². The van der Waals surface area contributed by atoms with Gasteiger partial charge in [0, 0.05) is 17.6 Å². The molecule has 3 aromatic carbocycles. The lowest BCUT2D eigenvalue weighted by atomic mass is 9.93. The third-order valence-electron chi connectivity index (χ3n) is 7.00. The van der Waals surface area contributed by atoms with Gasteiger partial charge in [0.05, 0.1) is 11.0 Å². The number of carbonyl (C=O) groups excluding carboxylic acids is 1. The molecule has 0 saturated heterocycles. The predicted molar refractivity (Wildman–Crippen MR) is 144 cm³/mol. The lowest BCUT2D eigenvalue weighted by Gasteiger charge is -2.35. The molecule has 0 spiro atoms. The molecule has 1 aromatic heterocycles. The van der Waals surface area contributed by atoms with E-state index in [1.165, 1.54) is 19.3 Å². The van der Waals surface area contributed by atoms with Crippen LogP contribution in [0.3, 0.4) is 0 Å². The molecule has 4 aromatic rings. The molecule has 0 bridgehead atoms. The summed E-state index contributed by atoms with van der Waals surface area (Å²) < 4.78 is 8.24. The summed E-state index contributed by atoms with van der Waals surface area (Å²) in [4.78, 5) is 20.9. The number of para-hydroxylation sites is 2. The van der Waals surface area contributed by atoms with E-state index in [2.05, 4.69) is 17.0 Å². The fourth-order valence-electron chi connectivity index (χ4n) is 5.16. The standard InChI is InChI=1S/C30H32ClN3O2/c1-22(36-26-18-16-24(31)17-19-26)30-32-27-14-8-9-15-28(27)34(30)21-29(35)33(25-12-6-3-7-13-25)20-23-10-4-2-5-11-23/h2,4-5,8-11,14-19,22,25H,3,6-7,12-13,20-21H2,1H3. The molecule has 0 radical (unpaired) electrons. The molecule has 1 aliphatic rings. The normalized spacial score (nSPS) is 15.1. The summed E-state index contributed by atoms with van der Waals surface area (Å²) in [5, 5.41) is 0.661. The molecule has 1 atom stereocenters. The van der Waals surface area contributed by atoms with Crippen molar-refractivity contribution in [2.45, 2.75) is 64.3 Å². The number of carbonyl (C=O) groups is 1. The first-order chi connectivity index (χ1) is 17.6. The number of aromatic nitrogens is 2. The van der Waals surface area contributed by atoms with Crippen LogP contribution in [0.15, 0.2) is 78.9 Å². The van der Waals surface area contributed by atoms with Crippen LogP contribution in [0.25, 0.3) is 11.0 Å². The molecule has 1 aliphatic carbocycles. The van der Waals surface area contributed by atoms with Gasteiger partial charge < -0.3 is 14.2 Å². The SMILES string of the molecule is CC(Oc1ccc(Cl)cc1)c1nc2ccccc2n1CC(=O)N(Cc1ccccc1)C1CCCCC1. The van der Waals surface area contributed by atoms with Crippen LogP contribution in [0.1, 0.15) is 56.5 Å². The molecule has 36 heavy (non-hydrogen) atoms. The minimum atomic E-state index is -0.344. The quantitative estimate of drug-likeness (QED) is 0.256. The maximum absolute atomic E-state index is 14.0. The number of fused-ring (bicyclic) bond motifs is 1. The Morgan fingerprint density at radius 2 is 1.69 bits per heavy atom. The number of imidazole rings is 1. The van der Waals surface area contributed by atoms with Crippen LogP contribution in [-0.4, -0.2) is 26.4 Å². The number of rotatable bonds is 8. The average Bonchev–Trinajstić information content (AvgIpc) is 3.28. The Hall–Kier alpha value is -3.31. The molecule has 1 amide bonds. The van der Waals surface area contributed by atoms with Gasteiger partial charge in [0.2, 0.25) is 5.91 Å². The zero-order chi connectivity index (χ0) is 24.9. The molecule has 0 aliphatic heterocycles. The number of benzene rings is 3. The molecule has 1 saturated carbocycles. The maximum Gasteiger partial charge on any atom is 0.243 e. The van der Waals surface area contributed by atoms with Gasteiger partial charge in [-0.1, -0.05) is 73.3 Å². The minimum absolute atomic E-state index is 0.119. The van der Waals surface area contributed by atoms with Crippen molar-refractivity contribution in [1.82, 2.24) is 14.5 Å². The minimum Gasteiger partial charge on any atom is -0.483 e. The van der Waals surface area contributed by atoms with Crippen LogP contribution in [0.5, 0.6) is 5.75 Å². The van der Waals surface area contributed by atoms with Gasteiger partial charge in [-0.25, -0.2) is 4.98 Å². The summed E-state index contributed by atoms with van der Waals surface area (Å²) >= 11 is 6.04. The second kappa shape index (κ2) is 11.2. The topological polar surface area (TPSA) is 47.4 Å². The molecule has 5 nitrogen and oxygen atoms in total. The highest BCUT2D eigenvalue weighted by Gasteiger charge is 2.28. The number of ether oxygens (including phenoxy) is 1. The predicted octanol–water partition coefficient (Wildman–Crippen LogP) is 7.19. The lowest BCUT2D eigenvalue weighted by molar-refractivity contribution is -0.135. The Morgan fingerprint density at radius 1 is 1.00 bits per heavy atom. The third kappa shape index (κ3) is 5.57. The van der Waals surface area contributed by atoms with E-state index >= 15 is 0 Å². The fourth-order valence-corrected chi connectivity index (χ4v) is 5.29. The Bertz CT molecular complexity index is 1300. The number of halogens is 1. The first-order valence-electron chi connectivity index (χ1n) is 12.8. The van der Waals surface area contributed by atoms with Crippen molar-refractivity contribution in [3.63, 3.8) is 0 Å². The molecule has 5 rings (SSSR count). The van der Waals surface area contributed by atoms with Crippen molar-refractivity contribution in [2.75, 3.05) is 0 Å². The van der Waals surface area contributed by atoms with E-state index in [1.54, 1.807) is 0 Å². The van der Waals surface area contributed by atoms with Crippen molar-refractivity contribution in [1.29, 1.82) is 0 Å². The molecule has 0 N–H and O–H groups in total. The van der Waals surface area contributed by atoms with Gasteiger partial charge in [0.25, 0.3) is 0 Å². The van der Waals surface area contributed by atoms with Crippen LogP contribution in [0.4, 0.5) is 0 Å². The van der Waals surface area contributed by atoms with Gasteiger partial charge in [0.15, 0.2) is 11.9 Å². The van der Waals surface area contributed by atoms with Crippen molar-refractivity contribution in [3.05, 3.63) is 95.3 Å². The van der Waals surface area contributed by atoms with Crippen LogP contribution in [0, 0.1) is 0 Å². The highest BCUT2D eigenvalue weighted by molar-refractivity contribution is 6.30. The van der Waals surface area contributed by atoms with Crippen LogP contribution >= 0.6 is 11.6 Å². The Balaban J connectivity index is 1.44. The maximum atomic E-state index is 14.0. The van der Waals surface area contributed by atoms with E-state index in [9.17, 15) is 4.79 Å². The second-order valence-electron chi connectivity index (χ2n) is 9.56. The largest absolute Gasteiger partial charge is 0.483 e. The van der Waals surface area contributed by atoms with E-state index in [4.69, 9.17) is 21.3 Å². The smallest absolute Gasteiger partial charge is 0.243 e. The summed E-state index contributed by atoms with van der Waals surface area (Å²) in [7, 11) is 0. The second-order valence-corrected chi connectivity index (χ2v) is 9.99. The van der Waals surface area contributed by atoms with Gasteiger partial charge in [-0.15, -0.1) is 0 Å². The molecule has 1 fully saturated rings.